The van der Waals surface area contributed by atoms with Crippen LogP contribution in [0, 0.1) is 12.8 Å². The van der Waals surface area contributed by atoms with Crippen LogP contribution in [-0.4, -0.2) is 17.6 Å². The summed E-state index contributed by atoms with van der Waals surface area (Å²) in [6.45, 7) is 2.67. The Kier molecular flexibility index (Phi) is 2.56. The first-order valence-corrected chi connectivity index (χ1v) is 5.56. The first-order valence-electron chi connectivity index (χ1n) is 4.68. The van der Waals surface area contributed by atoms with Gasteiger partial charge in [0.1, 0.15) is 0 Å². The van der Waals surface area contributed by atoms with Gasteiger partial charge in [-0.3, -0.25) is 4.79 Å². The quantitative estimate of drug-likeness (QED) is 0.784. The van der Waals surface area contributed by atoms with E-state index in [9.17, 15) is 4.79 Å². The SMILES string of the molecule is Cc1ccsc1C1CC(C(=O)O)CN1. The minimum absolute atomic E-state index is 0.221. The van der Waals surface area contributed by atoms with Crippen molar-refractivity contribution in [2.24, 2.45) is 5.92 Å². The molecule has 2 heterocycles. The molecule has 76 valence electrons. The van der Waals surface area contributed by atoms with Crippen molar-refractivity contribution in [1.29, 1.82) is 0 Å². The molecule has 3 nitrogen and oxygen atoms in total. The zero-order chi connectivity index (χ0) is 10.1. The van der Waals surface area contributed by atoms with Gasteiger partial charge in [0, 0.05) is 17.5 Å². The molecule has 2 N–H and O–H groups in total. The van der Waals surface area contributed by atoms with E-state index in [2.05, 4.69) is 23.7 Å². The highest BCUT2D eigenvalue weighted by atomic mass is 32.1. The molecule has 0 radical (unpaired) electrons. The Bertz CT molecular complexity index is 348. The first kappa shape index (κ1) is 9.68. The van der Waals surface area contributed by atoms with E-state index in [4.69, 9.17) is 5.11 Å². The standard InChI is InChI=1S/C10H13NO2S/c1-6-2-3-14-9(6)8-4-7(5-11-8)10(12)13/h2-3,7-8,11H,4-5H2,1H3,(H,12,13). The molecule has 2 rings (SSSR count). The lowest BCUT2D eigenvalue weighted by Crippen LogP contribution is -2.17. The molecule has 1 saturated heterocycles. The van der Waals surface area contributed by atoms with Gasteiger partial charge in [0.15, 0.2) is 0 Å². The normalized spacial score (nSPS) is 26.6. The van der Waals surface area contributed by atoms with E-state index >= 15 is 0 Å². The lowest BCUT2D eigenvalue weighted by molar-refractivity contribution is -0.141. The average Bonchev–Trinajstić information content (AvgIpc) is 2.71. The van der Waals surface area contributed by atoms with E-state index < -0.39 is 5.97 Å². The van der Waals surface area contributed by atoms with Crippen molar-refractivity contribution in [2.45, 2.75) is 19.4 Å². The minimum Gasteiger partial charge on any atom is -0.481 e. The van der Waals surface area contributed by atoms with Crippen LogP contribution in [0.4, 0.5) is 0 Å². The maximum atomic E-state index is 10.8. The number of aryl methyl sites for hydroxylation is 1. The number of carboxylic acid groups (broad SMARTS) is 1. The minimum atomic E-state index is -0.686. The predicted molar refractivity (Wildman–Crippen MR) is 55.5 cm³/mol. The maximum absolute atomic E-state index is 10.8. The Morgan fingerprint density at radius 1 is 1.71 bits per heavy atom. The van der Waals surface area contributed by atoms with Crippen LogP contribution in [0.5, 0.6) is 0 Å². The smallest absolute Gasteiger partial charge is 0.307 e. The van der Waals surface area contributed by atoms with Crippen LogP contribution >= 0.6 is 11.3 Å². The van der Waals surface area contributed by atoms with Gasteiger partial charge in [-0.1, -0.05) is 0 Å². The summed E-state index contributed by atoms with van der Waals surface area (Å²) in [6.07, 6.45) is 0.719. The van der Waals surface area contributed by atoms with Gasteiger partial charge < -0.3 is 10.4 Å². The summed E-state index contributed by atoms with van der Waals surface area (Å²) < 4.78 is 0. The van der Waals surface area contributed by atoms with Crippen molar-refractivity contribution in [3.8, 4) is 0 Å². The molecule has 0 amide bonds. The van der Waals surface area contributed by atoms with Crippen LogP contribution in [0.15, 0.2) is 11.4 Å². The third kappa shape index (κ3) is 1.67. The zero-order valence-corrected chi connectivity index (χ0v) is 8.80. The molecule has 1 aromatic heterocycles. The Hall–Kier alpha value is -0.870. The molecule has 1 aliphatic heterocycles. The van der Waals surface area contributed by atoms with Gasteiger partial charge in [-0.25, -0.2) is 0 Å². The molecule has 1 aromatic rings. The monoisotopic (exact) mass is 211 g/mol. The largest absolute Gasteiger partial charge is 0.481 e. The van der Waals surface area contributed by atoms with Gasteiger partial charge >= 0.3 is 5.97 Å². The molecular formula is C10H13NO2S. The molecule has 1 fully saturated rings. The summed E-state index contributed by atoms with van der Waals surface area (Å²) in [6, 6.07) is 2.33. The summed E-state index contributed by atoms with van der Waals surface area (Å²) in [5, 5.41) is 14.2. The van der Waals surface area contributed by atoms with Crippen LogP contribution in [0.25, 0.3) is 0 Å². The van der Waals surface area contributed by atoms with Crippen LogP contribution in [-0.2, 0) is 4.79 Å². The molecule has 1 aliphatic rings. The second-order valence-corrected chi connectivity index (χ2v) is 4.65. The van der Waals surface area contributed by atoms with Crippen molar-refractivity contribution in [1.82, 2.24) is 5.32 Å². The van der Waals surface area contributed by atoms with Gasteiger partial charge in [0.2, 0.25) is 0 Å². The fraction of sp³-hybridized carbons (Fsp3) is 0.500. The molecular weight excluding hydrogens is 198 g/mol. The average molecular weight is 211 g/mol. The third-order valence-corrected chi connectivity index (χ3v) is 3.83. The second-order valence-electron chi connectivity index (χ2n) is 3.70. The van der Waals surface area contributed by atoms with E-state index in [1.165, 1.54) is 10.4 Å². The predicted octanol–water partition coefficient (Wildman–Crippen LogP) is 1.79. The van der Waals surface area contributed by atoms with Crippen molar-refractivity contribution < 1.29 is 9.90 Å². The molecule has 2 atom stereocenters. The topological polar surface area (TPSA) is 49.3 Å². The number of hydrogen-bond acceptors (Lipinski definition) is 3. The van der Waals surface area contributed by atoms with Crippen molar-refractivity contribution in [3.05, 3.63) is 21.9 Å². The Morgan fingerprint density at radius 3 is 3.00 bits per heavy atom. The summed E-state index contributed by atoms with van der Waals surface area (Å²) in [5.41, 5.74) is 1.26. The van der Waals surface area contributed by atoms with Crippen LogP contribution in [0.2, 0.25) is 0 Å². The van der Waals surface area contributed by atoms with Crippen molar-refractivity contribution in [2.75, 3.05) is 6.54 Å². The molecule has 0 aliphatic carbocycles. The van der Waals surface area contributed by atoms with Crippen molar-refractivity contribution >= 4 is 17.3 Å². The van der Waals surface area contributed by atoms with E-state index in [0.29, 0.717) is 6.54 Å². The van der Waals surface area contributed by atoms with Gasteiger partial charge in [-0.2, -0.15) is 0 Å². The van der Waals surface area contributed by atoms with E-state index in [0.717, 1.165) is 6.42 Å². The summed E-state index contributed by atoms with van der Waals surface area (Å²) in [5.74, 6) is -0.907. The highest BCUT2D eigenvalue weighted by molar-refractivity contribution is 7.10. The number of carbonyl (C=O) groups is 1. The number of aliphatic carboxylic acids is 1. The first-order chi connectivity index (χ1) is 6.68. The molecule has 0 saturated carbocycles. The lowest BCUT2D eigenvalue weighted by atomic mass is 10.0. The fourth-order valence-corrected chi connectivity index (χ4v) is 2.88. The van der Waals surface area contributed by atoms with Gasteiger partial charge in [0.25, 0.3) is 0 Å². The second kappa shape index (κ2) is 3.71. The molecule has 2 unspecified atom stereocenters. The lowest BCUT2D eigenvalue weighted by Gasteiger charge is -2.08. The molecule has 0 spiro atoms. The Morgan fingerprint density at radius 2 is 2.50 bits per heavy atom. The summed E-state index contributed by atoms with van der Waals surface area (Å²) >= 11 is 1.71. The molecule has 14 heavy (non-hydrogen) atoms. The third-order valence-electron chi connectivity index (χ3n) is 2.70. The van der Waals surface area contributed by atoms with Crippen molar-refractivity contribution in [3.63, 3.8) is 0 Å². The number of nitrogens with one attached hydrogen (secondary N) is 1. The Labute approximate surface area is 86.8 Å². The van der Waals surface area contributed by atoms with Crippen LogP contribution in [0.3, 0.4) is 0 Å². The molecule has 0 aromatic carbocycles. The Balaban J connectivity index is 2.10. The van der Waals surface area contributed by atoms with Crippen LogP contribution < -0.4 is 5.32 Å². The molecule has 0 bridgehead atoms. The van der Waals surface area contributed by atoms with Gasteiger partial charge in [-0.05, 0) is 30.4 Å². The number of hydrogen-bond donors (Lipinski definition) is 2. The van der Waals surface area contributed by atoms with E-state index in [-0.39, 0.29) is 12.0 Å². The zero-order valence-electron chi connectivity index (χ0n) is 7.99. The van der Waals surface area contributed by atoms with E-state index in [1.807, 2.05) is 0 Å². The van der Waals surface area contributed by atoms with Gasteiger partial charge in [-0.15, -0.1) is 11.3 Å². The maximum Gasteiger partial charge on any atom is 0.307 e. The summed E-state index contributed by atoms with van der Waals surface area (Å²) in [7, 11) is 0. The molecule has 4 heteroatoms. The van der Waals surface area contributed by atoms with Crippen LogP contribution in [0.1, 0.15) is 22.9 Å². The number of carboxylic acids is 1. The van der Waals surface area contributed by atoms with Gasteiger partial charge in [0.05, 0.1) is 5.92 Å². The number of rotatable bonds is 2. The highest BCUT2D eigenvalue weighted by Gasteiger charge is 2.31. The fourth-order valence-electron chi connectivity index (χ4n) is 1.86. The van der Waals surface area contributed by atoms with E-state index in [1.54, 1.807) is 11.3 Å². The summed E-state index contributed by atoms with van der Waals surface area (Å²) in [4.78, 5) is 12.1. The highest BCUT2D eigenvalue weighted by Crippen LogP contribution is 2.32. The number of thiophene rings is 1.